The Morgan fingerprint density at radius 3 is 2.81 bits per heavy atom. The van der Waals surface area contributed by atoms with Gasteiger partial charge in [0.15, 0.2) is 0 Å². The van der Waals surface area contributed by atoms with E-state index in [4.69, 9.17) is 0 Å². The minimum absolute atomic E-state index is 0. The third kappa shape index (κ3) is 3.91. The standard InChI is InChI=1S/C16H19FN2O.CH2/c17-14-3-5-15(6-4-14)18-16(20)10-12-7-9-19-8-1-2-13(12)11-19;/h3-6,10,13H,1-2,7-9,11H2,(H,18,20);1H2. The average molecular weight is 288 g/mol. The zero-order chi connectivity index (χ0) is 13.9. The van der Waals surface area contributed by atoms with Crippen molar-refractivity contribution in [3.63, 3.8) is 0 Å². The van der Waals surface area contributed by atoms with Gasteiger partial charge in [0.2, 0.25) is 5.91 Å². The third-order valence-electron chi connectivity index (χ3n) is 4.17. The van der Waals surface area contributed by atoms with Gasteiger partial charge in [0.05, 0.1) is 0 Å². The molecule has 0 spiro atoms. The lowest BCUT2D eigenvalue weighted by atomic mass is 9.84. The lowest BCUT2D eigenvalue weighted by Gasteiger charge is -2.39. The van der Waals surface area contributed by atoms with Gasteiger partial charge in [-0.2, -0.15) is 0 Å². The molecule has 112 valence electrons. The number of nitrogens with zero attached hydrogens (tertiary/aromatic N) is 1. The van der Waals surface area contributed by atoms with Crippen molar-refractivity contribution >= 4 is 11.6 Å². The first-order chi connectivity index (χ1) is 9.70. The summed E-state index contributed by atoms with van der Waals surface area (Å²) in [5, 5.41) is 2.79. The summed E-state index contributed by atoms with van der Waals surface area (Å²) >= 11 is 0. The zero-order valence-electron chi connectivity index (χ0n) is 12.1. The number of hydrogen-bond acceptors (Lipinski definition) is 2. The number of hydrogen-bond donors (Lipinski definition) is 1. The molecule has 1 aromatic carbocycles. The number of fused-ring (bicyclic) bond motifs is 2. The van der Waals surface area contributed by atoms with Crippen LogP contribution in [0, 0.1) is 19.2 Å². The molecule has 2 fully saturated rings. The van der Waals surface area contributed by atoms with Gasteiger partial charge in [-0.3, -0.25) is 4.79 Å². The molecule has 3 rings (SSSR count). The van der Waals surface area contributed by atoms with E-state index >= 15 is 0 Å². The molecule has 2 aliphatic heterocycles. The summed E-state index contributed by atoms with van der Waals surface area (Å²) in [6.45, 7) is 3.35. The number of rotatable bonds is 2. The van der Waals surface area contributed by atoms with E-state index in [1.54, 1.807) is 18.2 Å². The Hall–Kier alpha value is -1.68. The molecule has 0 aliphatic carbocycles. The third-order valence-corrected chi connectivity index (χ3v) is 4.17. The van der Waals surface area contributed by atoms with Crippen molar-refractivity contribution in [2.45, 2.75) is 19.3 Å². The van der Waals surface area contributed by atoms with Crippen molar-refractivity contribution in [2.75, 3.05) is 25.0 Å². The van der Waals surface area contributed by atoms with Gasteiger partial charge in [-0.15, -0.1) is 0 Å². The van der Waals surface area contributed by atoms with Crippen LogP contribution in [0.3, 0.4) is 0 Å². The fourth-order valence-corrected chi connectivity index (χ4v) is 3.12. The van der Waals surface area contributed by atoms with Crippen LogP contribution in [0.4, 0.5) is 10.1 Å². The first kappa shape index (κ1) is 15.7. The van der Waals surface area contributed by atoms with Crippen LogP contribution in [-0.2, 0) is 4.79 Å². The monoisotopic (exact) mass is 288 g/mol. The smallest absolute Gasteiger partial charge is 0.248 e. The number of benzene rings is 1. The Bertz CT molecular complexity index is 524. The average Bonchev–Trinajstić information content (AvgIpc) is 2.45. The number of amides is 1. The molecule has 2 bridgehead atoms. The molecule has 4 heteroatoms. The number of halogens is 1. The molecule has 2 aliphatic rings. The van der Waals surface area contributed by atoms with Gasteiger partial charge in [-0.25, -0.2) is 4.39 Å². The second kappa shape index (κ2) is 6.85. The molecular weight excluding hydrogens is 267 g/mol. The Morgan fingerprint density at radius 1 is 1.29 bits per heavy atom. The van der Waals surface area contributed by atoms with Crippen LogP contribution in [-0.4, -0.2) is 30.4 Å². The van der Waals surface area contributed by atoms with E-state index in [1.165, 1.54) is 37.1 Å². The lowest BCUT2D eigenvalue weighted by Crippen LogP contribution is -2.41. The SMILES string of the molecule is O=C(C=C1CCN2CCCC1C2)Nc1ccc(F)cc1.[CH2]. The summed E-state index contributed by atoms with van der Waals surface area (Å²) in [4.78, 5) is 14.5. The van der Waals surface area contributed by atoms with Crippen LogP contribution >= 0.6 is 0 Å². The fraction of sp³-hybridized carbons (Fsp3) is 0.412. The van der Waals surface area contributed by atoms with E-state index < -0.39 is 0 Å². The second-order valence-electron chi connectivity index (χ2n) is 5.61. The maximum atomic E-state index is 12.8. The lowest BCUT2D eigenvalue weighted by molar-refractivity contribution is -0.112. The predicted octanol–water partition coefficient (Wildman–Crippen LogP) is 3.13. The topological polar surface area (TPSA) is 32.3 Å². The van der Waals surface area contributed by atoms with Crippen LogP contribution in [0.25, 0.3) is 0 Å². The molecule has 1 amide bonds. The van der Waals surface area contributed by atoms with E-state index in [9.17, 15) is 9.18 Å². The highest BCUT2D eigenvalue weighted by molar-refractivity contribution is 5.99. The van der Waals surface area contributed by atoms with Crippen molar-refractivity contribution in [1.29, 1.82) is 0 Å². The van der Waals surface area contributed by atoms with Crippen molar-refractivity contribution in [3.05, 3.63) is 49.2 Å². The molecule has 2 atom stereocenters. The van der Waals surface area contributed by atoms with E-state index in [1.807, 2.05) is 0 Å². The first-order valence-corrected chi connectivity index (χ1v) is 7.20. The van der Waals surface area contributed by atoms with E-state index in [-0.39, 0.29) is 19.2 Å². The van der Waals surface area contributed by atoms with Crippen LogP contribution in [0.5, 0.6) is 0 Å². The van der Waals surface area contributed by atoms with Crippen LogP contribution in [0.1, 0.15) is 19.3 Å². The van der Waals surface area contributed by atoms with Gasteiger partial charge in [0.25, 0.3) is 0 Å². The van der Waals surface area contributed by atoms with Crippen molar-refractivity contribution in [1.82, 2.24) is 4.90 Å². The maximum absolute atomic E-state index is 12.8. The summed E-state index contributed by atoms with van der Waals surface area (Å²) in [5.41, 5.74) is 1.90. The number of carbonyl (C=O) groups is 1. The van der Waals surface area contributed by atoms with E-state index in [2.05, 4.69) is 10.2 Å². The van der Waals surface area contributed by atoms with Crippen LogP contribution in [0.15, 0.2) is 35.9 Å². The minimum atomic E-state index is -0.295. The molecular formula is C17H21FN2O. The quantitative estimate of drug-likeness (QED) is 0.848. The molecule has 1 aromatic rings. The summed E-state index contributed by atoms with van der Waals surface area (Å²) in [5.74, 6) is 0.137. The van der Waals surface area contributed by atoms with Gasteiger partial charge in [0, 0.05) is 24.9 Å². The van der Waals surface area contributed by atoms with Crippen molar-refractivity contribution in [2.24, 2.45) is 5.92 Å². The number of carbonyl (C=O) groups excluding carboxylic acids is 1. The van der Waals surface area contributed by atoms with E-state index in [0.717, 1.165) is 19.5 Å². The maximum Gasteiger partial charge on any atom is 0.248 e. The highest BCUT2D eigenvalue weighted by atomic mass is 19.1. The largest absolute Gasteiger partial charge is 0.323 e. The Morgan fingerprint density at radius 2 is 2.05 bits per heavy atom. The molecule has 2 saturated heterocycles. The van der Waals surface area contributed by atoms with Crippen molar-refractivity contribution < 1.29 is 9.18 Å². The summed E-state index contributed by atoms with van der Waals surface area (Å²) < 4.78 is 12.8. The zero-order valence-corrected chi connectivity index (χ0v) is 12.1. The van der Waals surface area contributed by atoms with Gasteiger partial charge < -0.3 is 10.2 Å². The minimum Gasteiger partial charge on any atom is -0.323 e. The molecule has 2 heterocycles. The Kier molecular flexibility index (Phi) is 5.12. The highest BCUT2D eigenvalue weighted by Crippen LogP contribution is 2.30. The molecule has 2 unspecified atom stereocenters. The number of anilines is 1. The molecule has 0 saturated carbocycles. The normalized spacial score (nSPS) is 26.0. The summed E-state index contributed by atoms with van der Waals surface area (Å²) in [6, 6.07) is 5.86. The van der Waals surface area contributed by atoms with Crippen LogP contribution < -0.4 is 5.32 Å². The Labute approximate surface area is 125 Å². The van der Waals surface area contributed by atoms with Gasteiger partial charge in [-0.1, -0.05) is 13.0 Å². The van der Waals surface area contributed by atoms with Gasteiger partial charge in [-0.05, 0) is 56.0 Å². The molecule has 1 N–H and O–H groups in total. The predicted molar refractivity (Wildman–Crippen MR) is 82.3 cm³/mol. The highest BCUT2D eigenvalue weighted by Gasteiger charge is 2.27. The summed E-state index contributed by atoms with van der Waals surface area (Å²) in [7, 11) is 0. The first-order valence-electron chi connectivity index (χ1n) is 7.20. The summed E-state index contributed by atoms with van der Waals surface area (Å²) in [6.07, 6.45) is 5.14. The van der Waals surface area contributed by atoms with Gasteiger partial charge >= 0.3 is 0 Å². The second-order valence-corrected chi connectivity index (χ2v) is 5.61. The molecule has 0 aromatic heterocycles. The number of piperidine rings is 2. The fourth-order valence-electron chi connectivity index (χ4n) is 3.12. The Balaban J connectivity index is 0.00000161. The van der Waals surface area contributed by atoms with Gasteiger partial charge in [0.1, 0.15) is 5.82 Å². The molecule has 3 nitrogen and oxygen atoms in total. The molecule has 2 radical (unpaired) electrons. The van der Waals surface area contributed by atoms with Crippen LogP contribution in [0.2, 0.25) is 0 Å². The number of nitrogens with one attached hydrogen (secondary N) is 1. The van der Waals surface area contributed by atoms with E-state index in [0.29, 0.717) is 11.6 Å². The van der Waals surface area contributed by atoms with Crippen molar-refractivity contribution in [3.8, 4) is 0 Å². The molecule has 21 heavy (non-hydrogen) atoms.